The molecule has 6 nitrogen and oxygen atoms in total. The Morgan fingerprint density at radius 1 is 1.33 bits per heavy atom. The van der Waals surface area contributed by atoms with Crippen LogP contribution in [0.25, 0.3) is 17.4 Å². The fourth-order valence-electron chi connectivity index (χ4n) is 2.68. The lowest BCUT2D eigenvalue weighted by Crippen LogP contribution is -2.18. The number of nitrogen functional groups attached to an aromatic ring is 1. The van der Waals surface area contributed by atoms with Crippen LogP contribution in [0.3, 0.4) is 0 Å². The second-order valence-corrected chi connectivity index (χ2v) is 6.35. The van der Waals surface area contributed by atoms with Gasteiger partial charge < -0.3 is 16.2 Å². The van der Waals surface area contributed by atoms with Crippen molar-refractivity contribution in [3.05, 3.63) is 88.0 Å². The van der Waals surface area contributed by atoms with Crippen LogP contribution in [0, 0.1) is 0 Å². The third-order valence-electron chi connectivity index (χ3n) is 4.19. The van der Waals surface area contributed by atoms with Crippen molar-refractivity contribution in [1.29, 1.82) is 0 Å². The molecule has 0 aliphatic rings. The number of rotatable bonds is 6. The van der Waals surface area contributed by atoms with Crippen molar-refractivity contribution in [3.63, 3.8) is 0 Å². The Morgan fingerprint density at radius 2 is 2.15 bits per heavy atom. The first kappa shape index (κ1) is 18.4. The van der Waals surface area contributed by atoms with Crippen LogP contribution in [0.2, 0.25) is 0 Å². The Bertz CT molecular complexity index is 1080. The minimum Gasteiger partial charge on any atom is -0.398 e. The second-order valence-electron chi connectivity index (χ2n) is 6.35. The number of pyridine rings is 1. The summed E-state index contributed by atoms with van der Waals surface area (Å²) in [4.78, 5) is 16.7. The first-order valence-corrected chi connectivity index (χ1v) is 8.56. The van der Waals surface area contributed by atoms with Crippen molar-refractivity contribution in [1.82, 2.24) is 14.7 Å². The zero-order chi connectivity index (χ0) is 19.4. The number of fused-ring (bicyclic) bond motifs is 1. The zero-order valence-corrected chi connectivity index (χ0v) is 15.1. The monoisotopic (exact) mass is 362 g/mol. The van der Waals surface area contributed by atoms with Crippen molar-refractivity contribution >= 4 is 23.1 Å². The molecule has 138 valence electrons. The van der Waals surface area contributed by atoms with Crippen molar-refractivity contribution in [3.8, 4) is 0 Å². The van der Waals surface area contributed by atoms with Crippen LogP contribution in [0.15, 0.2) is 65.6 Å². The van der Waals surface area contributed by atoms with Gasteiger partial charge in [0.2, 0.25) is 0 Å². The quantitative estimate of drug-likeness (QED) is 0.586. The number of nitrogens with one attached hydrogen (secondary N) is 1. The van der Waals surface area contributed by atoms with Crippen molar-refractivity contribution < 1.29 is 5.11 Å². The van der Waals surface area contributed by atoms with E-state index in [9.17, 15) is 4.79 Å². The van der Waals surface area contributed by atoms with Crippen LogP contribution >= 0.6 is 0 Å². The molecule has 0 spiro atoms. The van der Waals surface area contributed by atoms with Crippen LogP contribution in [-0.2, 0) is 6.54 Å². The highest BCUT2D eigenvalue weighted by Gasteiger charge is 2.06. The normalized spacial score (nSPS) is 11.6. The number of aliphatic hydroxyl groups is 1. The molecule has 0 radical (unpaired) electrons. The van der Waals surface area contributed by atoms with E-state index in [-0.39, 0.29) is 12.2 Å². The highest BCUT2D eigenvalue weighted by Crippen LogP contribution is 2.18. The smallest absolute Gasteiger partial charge is 0.258 e. The number of anilines is 1. The third kappa shape index (κ3) is 4.24. The molecule has 0 bridgehead atoms. The molecule has 2 heterocycles. The molecule has 1 aromatic carbocycles. The Balaban J connectivity index is 1.74. The van der Waals surface area contributed by atoms with Gasteiger partial charge in [0.25, 0.3) is 5.56 Å². The van der Waals surface area contributed by atoms with Gasteiger partial charge in [0.1, 0.15) is 5.65 Å². The first-order chi connectivity index (χ1) is 13.0. The standard InChI is InChI=1S/C21H22N4O2/c1-14(13-26)9-17-7-6-16(10-18(17)22)12-23-15(2)19-11-21(27)25-8-4-3-5-20(25)24-19/h3-11,23,26H,2,12-13,22H2,1H3/b14-9+. The fourth-order valence-corrected chi connectivity index (χ4v) is 2.68. The summed E-state index contributed by atoms with van der Waals surface area (Å²) in [5.41, 5.74) is 10.9. The van der Waals surface area contributed by atoms with Crippen LogP contribution in [0.4, 0.5) is 5.69 Å². The molecule has 3 rings (SSSR count). The zero-order valence-electron chi connectivity index (χ0n) is 15.1. The Labute approximate surface area is 157 Å². The van der Waals surface area contributed by atoms with Crippen LogP contribution in [0.5, 0.6) is 0 Å². The molecular formula is C21H22N4O2. The maximum atomic E-state index is 12.2. The topological polar surface area (TPSA) is 92.6 Å². The number of nitrogens with zero attached hydrogens (tertiary/aromatic N) is 2. The molecule has 0 aliphatic carbocycles. The molecule has 0 saturated carbocycles. The lowest BCUT2D eigenvalue weighted by molar-refractivity contribution is 0.332. The molecule has 3 aromatic rings. The minimum atomic E-state index is -0.154. The SMILES string of the molecule is C=C(NCc1ccc(/C=C(\C)CO)c(N)c1)c1cc(=O)n2ccccc2n1. The molecule has 4 N–H and O–H groups in total. The largest absolute Gasteiger partial charge is 0.398 e. The summed E-state index contributed by atoms with van der Waals surface area (Å²) in [5, 5.41) is 12.3. The average Bonchev–Trinajstić information content (AvgIpc) is 2.67. The Morgan fingerprint density at radius 3 is 2.89 bits per heavy atom. The van der Waals surface area contributed by atoms with E-state index >= 15 is 0 Å². The van der Waals surface area contributed by atoms with Crippen molar-refractivity contribution in [2.24, 2.45) is 0 Å². The van der Waals surface area contributed by atoms with E-state index in [0.717, 1.165) is 16.7 Å². The van der Waals surface area contributed by atoms with Gasteiger partial charge >= 0.3 is 0 Å². The molecule has 6 heteroatoms. The number of hydrogen-bond donors (Lipinski definition) is 3. The lowest BCUT2D eigenvalue weighted by Gasteiger charge is -2.11. The summed E-state index contributed by atoms with van der Waals surface area (Å²) in [6, 6.07) is 12.6. The van der Waals surface area contributed by atoms with Gasteiger partial charge in [0, 0.05) is 24.5 Å². The van der Waals surface area contributed by atoms with Gasteiger partial charge in [-0.05, 0) is 41.8 Å². The molecule has 27 heavy (non-hydrogen) atoms. The Kier molecular flexibility index (Phi) is 5.38. The van der Waals surface area contributed by atoms with Crippen LogP contribution in [-0.4, -0.2) is 21.1 Å². The van der Waals surface area contributed by atoms with Crippen LogP contribution < -0.4 is 16.6 Å². The highest BCUT2D eigenvalue weighted by molar-refractivity contribution is 5.67. The van der Waals surface area contributed by atoms with Crippen LogP contribution in [0.1, 0.15) is 23.7 Å². The fraction of sp³-hybridized carbons (Fsp3) is 0.143. The molecule has 0 saturated heterocycles. The van der Waals surface area contributed by atoms with Gasteiger partial charge in [-0.2, -0.15) is 0 Å². The van der Waals surface area contributed by atoms with E-state index in [0.29, 0.717) is 29.3 Å². The summed E-state index contributed by atoms with van der Waals surface area (Å²) in [6.45, 7) is 6.34. The predicted octanol–water partition coefficient (Wildman–Crippen LogP) is 2.43. The third-order valence-corrected chi connectivity index (χ3v) is 4.19. The molecule has 0 atom stereocenters. The molecule has 2 aromatic heterocycles. The molecular weight excluding hydrogens is 340 g/mol. The summed E-state index contributed by atoms with van der Waals surface area (Å²) < 4.78 is 1.48. The summed E-state index contributed by atoms with van der Waals surface area (Å²) in [7, 11) is 0. The molecule has 0 amide bonds. The predicted molar refractivity (Wildman–Crippen MR) is 109 cm³/mol. The lowest BCUT2D eigenvalue weighted by atomic mass is 10.1. The van der Waals surface area contributed by atoms with Gasteiger partial charge in [0.15, 0.2) is 0 Å². The number of aromatic nitrogens is 2. The van der Waals surface area contributed by atoms with E-state index in [1.165, 1.54) is 10.5 Å². The number of benzene rings is 1. The first-order valence-electron chi connectivity index (χ1n) is 8.56. The Hall–Kier alpha value is -3.38. The van der Waals surface area contributed by atoms with E-state index in [1.54, 1.807) is 18.3 Å². The summed E-state index contributed by atoms with van der Waals surface area (Å²) >= 11 is 0. The average molecular weight is 362 g/mol. The van der Waals surface area contributed by atoms with Gasteiger partial charge in [-0.1, -0.05) is 30.9 Å². The summed E-state index contributed by atoms with van der Waals surface area (Å²) in [6.07, 6.45) is 3.54. The van der Waals surface area contributed by atoms with E-state index in [4.69, 9.17) is 10.8 Å². The highest BCUT2D eigenvalue weighted by atomic mass is 16.3. The van der Waals surface area contributed by atoms with Gasteiger partial charge in [-0.3, -0.25) is 9.20 Å². The molecule has 0 aliphatic heterocycles. The van der Waals surface area contributed by atoms with Gasteiger partial charge in [-0.25, -0.2) is 4.98 Å². The van der Waals surface area contributed by atoms with Crippen molar-refractivity contribution in [2.75, 3.05) is 12.3 Å². The maximum Gasteiger partial charge on any atom is 0.258 e. The summed E-state index contributed by atoms with van der Waals surface area (Å²) in [5.74, 6) is 0. The second kappa shape index (κ2) is 7.88. The van der Waals surface area contributed by atoms with E-state index in [2.05, 4.69) is 16.9 Å². The number of hydrogen-bond acceptors (Lipinski definition) is 5. The van der Waals surface area contributed by atoms with Gasteiger partial charge in [-0.15, -0.1) is 0 Å². The maximum absolute atomic E-state index is 12.2. The number of aliphatic hydroxyl groups excluding tert-OH is 1. The van der Waals surface area contributed by atoms with Gasteiger partial charge in [0.05, 0.1) is 18.0 Å². The molecule has 0 fully saturated rings. The number of nitrogens with two attached hydrogens (primary N) is 1. The molecule has 0 unspecified atom stereocenters. The minimum absolute atomic E-state index is 0.00131. The van der Waals surface area contributed by atoms with Crippen molar-refractivity contribution in [2.45, 2.75) is 13.5 Å². The van der Waals surface area contributed by atoms with E-state index < -0.39 is 0 Å². The van der Waals surface area contributed by atoms with E-state index in [1.807, 2.05) is 37.3 Å².